The van der Waals surface area contributed by atoms with Crippen LogP contribution in [0.15, 0.2) is 64.5 Å². The maximum Gasteiger partial charge on any atom is 0.360 e. The molecule has 0 fully saturated rings. The smallest absolute Gasteiger partial charge is 0.360 e. The molecule has 0 bridgehead atoms. The van der Waals surface area contributed by atoms with Gasteiger partial charge in [-0.2, -0.15) is 0 Å². The molecule has 230 valence electrons. The van der Waals surface area contributed by atoms with Crippen LogP contribution in [0.3, 0.4) is 0 Å². The number of aromatic nitrogens is 2. The molecule has 4 rings (SSSR count). The number of carbonyl (C=O) groups excluding carboxylic acids is 2. The minimum absolute atomic E-state index is 0.0524. The highest BCUT2D eigenvalue weighted by Crippen LogP contribution is 2.35. The highest BCUT2D eigenvalue weighted by molar-refractivity contribution is 7.15. The van der Waals surface area contributed by atoms with E-state index in [0.29, 0.717) is 28.1 Å². The predicted molar refractivity (Wildman–Crippen MR) is 163 cm³/mol. The van der Waals surface area contributed by atoms with Crippen molar-refractivity contribution < 1.29 is 33.0 Å². The van der Waals surface area contributed by atoms with E-state index in [0.717, 1.165) is 16.5 Å². The molecule has 0 spiro atoms. The summed E-state index contributed by atoms with van der Waals surface area (Å²) in [7, 11) is 2.67. The van der Waals surface area contributed by atoms with Crippen LogP contribution in [0.25, 0.3) is 21.8 Å². The largest absolute Gasteiger partial charge is 0.421 e. The van der Waals surface area contributed by atoms with Crippen LogP contribution in [-0.4, -0.2) is 54.8 Å². The molecule has 0 atom stereocenters. The molecule has 44 heavy (non-hydrogen) atoms. The summed E-state index contributed by atoms with van der Waals surface area (Å²) < 4.78 is 31.4. The second-order valence-corrected chi connectivity index (χ2v) is 10.8. The van der Waals surface area contributed by atoms with Crippen LogP contribution in [0.5, 0.6) is 5.75 Å². The van der Waals surface area contributed by atoms with Gasteiger partial charge in [-0.25, -0.2) is 19.0 Å². The number of halogens is 1. The quantitative estimate of drug-likeness (QED) is 0.0619. The molecular formula is C31H31FN4O7S. The molecule has 2 aromatic heterocycles. The van der Waals surface area contributed by atoms with Gasteiger partial charge in [-0.15, -0.1) is 11.3 Å². The van der Waals surface area contributed by atoms with E-state index in [-0.39, 0.29) is 36.1 Å². The number of ether oxygens (including phenoxy) is 3. The number of nitrogens with two attached hydrogens (primary N) is 1. The predicted octanol–water partition coefficient (Wildman–Crippen LogP) is 4.00. The standard InChI is InChI=1S/C31H31FN4O7S/c1-18-27(24-15-22(19(2)44-24)29(33)35-43-26(38)17-41-4)31(39)36(14-13-20-9-6-5-7-10-20)30(34-18)21-11-8-12-23(32)28(21)42-25(37)16-40-3/h5-12,15H,13-14,16-17H2,1-4H3,(H2,33,35). The molecule has 0 saturated heterocycles. The molecule has 0 saturated carbocycles. The zero-order valence-corrected chi connectivity index (χ0v) is 25.4. The lowest BCUT2D eigenvalue weighted by molar-refractivity contribution is -0.148. The minimum Gasteiger partial charge on any atom is -0.421 e. The summed E-state index contributed by atoms with van der Waals surface area (Å²) in [5, 5.41) is 3.70. The van der Waals surface area contributed by atoms with Gasteiger partial charge < -0.3 is 24.8 Å². The van der Waals surface area contributed by atoms with Crippen molar-refractivity contribution in [2.45, 2.75) is 26.8 Å². The van der Waals surface area contributed by atoms with Gasteiger partial charge in [0.05, 0.1) is 16.8 Å². The van der Waals surface area contributed by atoms with E-state index in [1.54, 1.807) is 19.9 Å². The Morgan fingerprint density at radius 3 is 2.43 bits per heavy atom. The minimum atomic E-state index is -0.806. The molecule has 2 N–H and O–H groups in total. The number of thiophene rings is 1. The average molecular weight is 623 g/mol. The summed E-state index contributed by atoms with van der Waals surface area (Å²) in [6.45, 7) is 2.97. The Morgan fingerprint density at radius 1 is 1.02 bits per heavy atom. The lowest BCUT2D eigenvalue weighted by atomic mass is 10.1. The number of para-hydroxylation sites is 1. The third-order valence-electron chi connectivity index (χ3n) is 6.45. The normalized spacial score (nSPS) is 11.4. The van der Waals surface area contributed by atoms with E-state index < -0.39 is 29.9 Å². The van der Waals surface area contributed by atoms with Gasteiger partial charge in [-0.05, 0) is 44.0 Å². The van der Waals surface area contributed by atoms with Crippen molar-refractivity contribution in [1.82, 2.24) is 9.55 Å². The molecule has 2 heterocycles. The fraction of sp³-hybridized carbons (Fsp3) is 0.258. The van der Waals surface area contributed by atoms with E-state index in [9.17, 15) is 14.4 Å². The van der Waals surface area contributed by atoms with Gasteiger partial charge in [-0.1, -0.05) is 41.6 Å². The molecular weight excluding hydrogens is 591 g/mol. The number of aryl methyl sites for hydroxylation is 3. The van der Waals surface area contributed by atoms with E-state index in [2.05, 4.69) is 5.16 Å². The molecule has 13 heteroatoms. The van der Waals surface area contributed by atoms with Crippen LogP contribution in [0, 0.1) is 19.7 Å². The monoisotopic (exact) mass is 622 g/mol. The maximum absolute atomic E-state index is 15.0. The first kappa shape index (κ1) is 32.2. The number of methoxy groups -OCH3 is 2. The Kier molecular flexibility index (Phi) is 10.7. The van der Waals surface area contributed by atoms with Gasteiger partial charge >= 0.3 is 11.9 Å². The SMILES string of the molecule is COCC(=O)ON=C(N)c1cc(-c2c(C)nc(-c3cccc(F)c3OC(=O)COC)n(CCc3ccccc3)c2=O)sc1C. The van der Waals surface area contributed by atoms with Crippen molar-refractivity contribution in [3.05, 3.63) is 92.5 Å². The Balaban J connectivity index is 1.85. The molecule has 0 aliphatic rings. The third-order valence-corrected chi connectivity index (χ3v) is 7.52. The Labute approximate surface area is 256 Å². The molecule has 0 radical (unpaired) electrons. The molecule has 0 aliphatic carbocycles. The lowest BCUT2D eigenvalue weighted by Gasteiger charge is -2.18. The van der Waals surface area contributed by atoms with Crippen LogP contribution < -0.4 is 16.0 Å². The van der Waals surface area contributed by atoms with E-state index in [4.69, 9.17) is 29.8 Å². The fourth-order valence-electron chi connectivity index (χ4n) is 4.45. The Morgan fingerprint density at radius 2 is 1.73 bits per heavy atom. The highest BCUT2D eigenvalue weighted by Gasteiger charge is 2.24. The van der Waals surface area contributed by atoms with Gasteiger partial charge in [-0.3, -0.25) is 9.36 Å². The van der Waals surface area contributed by atoms with Crippen molar-refractivity contribution in [2.75, 3.05) is 27.4 Å². The zero-order valence-electron chi connectivity index (χ0n) is 24.6. The average Bonchev–Trinajstić information content (AvgIpc) is 3.38. The number of benzene rings is 2. The van der Waals surface area contributed by atoms with Crippen LogP contribution in [-0.2, 0) is 36.9 Å². The first-order valence-corrected chi connectivity index (χ1v) is 14.2. The topological polar surface area (TPSA) is 144 Å². The van der Waals surface area contributed by atoms with Gasteiger partial charge in [0, 0.05) is 36.1 Å². The number of amidine groups is 1. The van der Waals surface area contributed by atoms with Crippen LogP contribution in [0.1, 0.15) is 21.7 Å². The van der Waals surface area contributed by atoms with Crippen molar-refractivity contribution >= 4 is 29.1 Å². The lowest BCUT2D eigenvalue weighted by Crippen LogP contribution is -2.27. The zero-order chi connectivity index (χ0) is 31.8. The van der Waals surface area contributed by atoms with Crippen LogP contribution >= 0.6 is 11.3 Å². The number of carbonyl (C=O) groups is 2. The number of rotatable bonds is 12. The number of esters is 1. The third kappa shape index (κ3) is 7.43. The summed E-state index contributed by atoms with van der Waals surface area (Å²) in [6, 6.07) is 15.4. The summed E-state index contributed by atoms with van der Waals surface area (Å²) in [6.07, 6.45) is 0.465. The second-order valence-electron chi connectivity index (χ2n) is 9.57. The first-order valence-electron chi connectivity index (χ1n) is 13.4. The van der Waals surface area contributed by atoms with Crippen molar-refractivity contribution in [2.24, 2.45) is 10.9 Å². The van der Waals surface area contributed by atoms with E-state index in [1.165, 1.54) is 42.3 Å². The fourth-order valence-corrected chi connectivity index (χ4v) is 5.56. The number of nitrogens with zero attached hydrogens (tertiary/aromatic N) is 3. The van der Waals surface area contributed by atoms with Crippen LogP contribution in [0.4, 0.5) is 4.39 Å². The number of oxime groups is 1. The first-order chi connectivity index (χ1) is 21.1. The van der Waals surface area contributed by atoms with Gasteiger partial charge in [0.1, 0.15) is 19.0 Å². The summed E-state index contributed by atoms with van der Waals surface area (Å²) in [5.74, 6) is -2.60. The molecule has 11 nitrogen and oxygen atoms in total. The van der Waals surface area contributed by atoms with E-state index >= 15 is 4.39 Å². The molecule has 0 unspecified atom stereocenters. The Hall–Kier alpha value is -4.72. The molecule has 0 aliphatic heterocycles. The van der Waals surface area contributed by atoms with E-state index in [1.807, 2.05) is 30.3 Å². The summed E-state index contributed by atoms with van der Waals surface area (Å²) >= 11 is 1.29. The second kappa shape index (κ2) is 14.6. The van der Waals surface area contributed by atoms with Crippen molar-refractivity contribution in [3.63, 3.8) is 0 Å². The molecule has 2 aromatic carbocycles. The van der Waals surface area contributed by atoms with Gasteiger partial charge in [0.2, 0.25) is 0 Å². The van der Waals surface area contributed by atoms with Gasteiger partial charge in [0.15, 0.2) is 17.4 Å². The van der Waals surface area contributed by atoms with Crippen LogP contribution in [0.2, 0.25) is 0 Å². The maximum atomic E-state index is 15.0. The molecule has 0 amide bonds. The number of hydrogen-bond acceptors (Lipinski definition) is 10. The highest BCUT2D eigenvalue weighted by atomic mass is 32.1. The Bertz CT molecular complexity index is 1750. The molecule has 4 aromatic rings. The van der Waals surface area contributed by atoms with Gasteiger partial charge in [0.25, 0.3) is 5.56 Å². The summed E-state index contributed by atoms with van der Waals surface area (Å²) in [4.78, 5) is 49.0. The summed E-state index contributed by atoms with van der Waals surface area (Å²) in [5.41, 5.74) is 7.95. The van der Waals surface area contributed by atoms with Crippen molar-refractivity contribution in [3.8, 4) is 27.6 Å². The number of hydrogen-bond donors (Lipinski definition) is 1. The van der Waals surface area contributed by atoms with Crippen molar-refractivity contribution in [1.29, 1.82) is 0 Å².